The summed E-state index contributed by atoms with van der Waals surface area (Å²) in [6, 6.07) is 22.9. The van der Waals surface area contributed by atoms with Crippen molar-refractivity contribution in [1.82, 2.24) is 4.90 Å². The van der Waals surface area contributed by atoms with Crippen LogP contribution in [0.4, 0.5) is 0 Å². The Bertz CT molecular complexity index is 538. The lowest BCUT2D eigenvalue weighted by atomic mass is 10.2. The zero-order valence-corrected chi connectivity index (χ0v) is 15.3. The largest absolute Gasteiger partial charge is 0.301 e. The molecule has 122 valence electrons. The molecule has 2 aromatic rings. The van der Waals surface area contributed by atoms with Crippen LogP contribution in [0, 0.1) is 0 Å². The summed E-state index contributed by atoms with van der Waals surface area (Å²) in [5.41, 5.74) is 0.699. The van der Waals surface area contributed by atoms with Crippen LogP contribution in [0.25, 0.3) is 0 Å². The topological polar surface area (TPSA) is 3.24 Å². The van der Waals surface area contributed by atoms with Crippen LogP contribution in [0.1, 0.15) is 33.1 Å². The Kier molecular flexibility index (Phi) is 5.86. The first kappa shape index (κ1) is 16.7. The van der Waals surface area contributed by atoms with Crippen molar-refractivity contribution >= 4 is 18.5 Å². The maximum absolute atomic E-state index is 2.68. The first-order valence-corrected chi connectivity index (χ1v) is 10.3. The summed E-state index contributed by atoms with van der Waals surface area (Å²) in [7, 11) is -0.286. The van der Waals surface area contributed by atoms with Crippen molar-refractivity contribution in [2.24, 2.45) is 0 Å². The van der Waals surface area contributed by atoms with E-state index in [0.29, 0.717) is 11.7 Å². The van der Waals surface area contributed by atoms with E-state index in [0.717, 1.165) is 0 Å². The molecule has 0 N–H and O–H groups in total. The fourth-order valence-electron chi connectivity index (χ4n) is 3.77. The number of hydrogen-bond acceptors (Lipinski definition) is 1. The first-order chi connectivity index (χ1) is 11.3. The van der Waals surface area contributed by atoms with Gasteiger partial charge in [-0.15, -0.1) is 0 Å². The minimum atomic E-state index is -0.286. The van der Waals surface area contributed by atoms with E-state index in [1.54, 1.807) is 0 Å². The van der Waals surface area contributed by atoms with Crippen molar-refractivity contribution in [3.63, 3.8) is 0 Å². The van der Waals surface area contributed by atoms with Crippen LogP contribution in [0.3, 0.4) is 0 Å². The second-order valence-corrected chi connectivity index (χ2v) is 9.37. The molecule has 0 saturated carbocycles. The molecule has 0 radical (unpaired) electrons. The van der Waals surface area contributed by atoms with E-state index in [1.165, 1.54) is 43.0 Å². The summed E-state index contributed by atoms with van der Waals surface area (Å²) in [5.74, 6) is 0. The van der Waals surface area contributed by atoms with Crippen molar-refractivity contribution in [2.45, 2.75) is 44.8 Å². The molecule has 23 heavy (non-hydrogen) atoms. The molecule has 0 amide bonds. The highest BCUT2D eigenvalue weighted by Crippen LogP contribution is 2.41. The summed E-state index contributed by atoms with van der Waals surface area (Å²) < 4.78 is 0. The van der Waals surface area contributed by atoms with E-state index in [2.05, 4.69) is 79.4 Å². The molecule has 0 bridgehead atoms. The van der Waals surface area contributed by atoms with Crippen molar-refractivity contribution in [3.8, 4) is 0 Å². The number of nitrogens with zero attached hydrogens (tertiary/aromatic N) is 1. The zero-order valence-electron chi connectivity index (χ0n) is 14.4. The van der Waals surface area contributed by atoms with E-state index in [4.69, 9.17) is 0 Å². The smallest absolute Gasteiger partial charge is 0.00730 e. The molecule has 3 rings (SSSR count). The van der Waals surface area contributed by atoms with Crippen LogP contribution in [0.15, 0.2) is 60.7 Å². The third kappa shape index (κ3) is 4.22. The van der Waals surface area contributed by atoms with Crippen LogP contribution >= 0.6 is 7.92 Å². The molecule has 1 fully saturated rings. The Morgan fingerprint density at radius 3 is 1.78 bits per heavy atom. The third-order valence-corrected chi connectivity index (χ3v) is 7.76. The zero-order chi connectivity index (χ0) is 16.1. The Labute approximate surface area is 142 Å². The van der Waals surface area contributed by atoms with E-state index in [-0.39, 0.29) is 7.92 Å². The van der Waals surface area contributed by atoms with E-state index in [1.807, 2.05) is 0 Å². The Morgan fingerprint density at radius 2 is 1.30 bits per heavy atom. The van der Waals surface area contributed by atoms with Gasteiger partial charge in [0, 0.05) is 6.04 Å². The van der Waals surface area contributed by atoms with Crippen molar-refractivity contribution in [3.05, 3.63) is 60.7 Å². The summed E-state index contributed by atoms with van der Waals surface area (Å²) in [4.78, 5) is 2.68. The van der Waals surface area contributed by atoms with Gasteiger partial charge >= 0.3 is 0 Å². The van der Waals surface area contributed by atoms with Crippen molar-refractivity contribution in [1.29, 1.82) is 0 Å². The summed E-state index contributed by atoms with van der Waals surface area (Å²) in [6.07, 6.45) is 4.05. The number of hydrogen-bond donors (Lipinski definition) is 0. The predicted octanol–water partition coefficient (Wildman–Crippen LogP) is 4.38. The van der Waals surface area contributed by atoms with Crippen molar-refractivity contribution < 1.29 is 0 Å². The molecule has 1 nitrogen and oxygen atoms in total. The van der Waals surface area contributed by atoms with Gasteiger partial charge in [-0.1, -0.05) is 67.6 Å². The van der Waals surface area contributed by atoms with Crippen LogP contribution in [-0.2, 0) is 0 Å². The van der Waals surface area contributed by atoms with E-state index in [9.17, 15) is 0 Å². The van der Waals surface area contributed by atoms with Gasteiger partial charge in [0.25, 0.3) is 0 Å². The minimum absolute atomic E-state index is 0.286. The molecule has 0 spiro atoms. The standard InChI is InChI=1S/C21H28NP/c1-18(22-15-9-10-16-22)17-19(2)23(20-11-5-3-6-12-20)21-13-7-4-8-14-21/h3-8,11-14,18-19H,9-10,15-17H2,1-2H3/t18-,19-/m0/s1. The van der Waals surface area contributed by atoms with Crippen LogP contribution < -0.4 is 10.6 Å². The fourth-order valence-corrected chi connectivity index (χ4v) is 6.58. The lowest BCUT2D eigenvalue weighted by Gasteiger charge is -2.31. The molecule has 0 unspecified atom stereocenters. The van der Waals surface area contributed by atoms with Gasteiger partial charge in [-0.25, -0.2) is 0 Å². The maximum atomic E-state index is 2.68. The average molecular weight is 325 g/mol. The van der Waals surface area contributed by atoms with Gasteiger partial charge in [-0.3, -0.25) is 0 Å². The molecule has 1 aliphatic heterocycles. The van der Waals surface area contributed by atoms with Gasteiger partial charge in [-0.05, 0) is 63.5 Å². The quantitative estimate of drug-likeness (QED) is 0.712. The second kappa shape index (κ2) is 8.08. The second-order valence-electron chi connectivity index (χ2n) is 6.72. The first-order valence-electron chi connectivity index (χ1n) is 8.89. The van der Waals surface area contributed by atoms with Gasteiger partial charge in [-0.2, -0.15) is 0 Å². The Hall–Kier alpha value is -1.17. The monoisotopic (exact) mass is 325 g/mol. The maximum Gasteiger partial charge on any atom is 0.00730 e. The molecule has 1 saturated heterocycles. The Morgan fingerprint density at radius 1 is 0.826 bits per heavy atom. The van der Waals surface area contributed by atoms with Gasteiger partial charge in [0.05, 0.1) is 0 Å². The SMILES string of the molecule is C[C@@H](C[C@H](C)P(c1ccccc1)c1ccccc1)N1CCCC1. The highest BCUT2D eigenvalue weighted by molar-refractivity contribution is 7.73. The van der Waals surface area contributed by atoms with Gasteiger partial charge in [0.2, 0.25) is 0 Å². The molecule has 1 aliphatic rings. The lowest BCUT2D eigenvalue weighted by molar-refractivity contribution is 0.247. The predicted molar refractivity (Wildman–Crippen MR) is 103 cm³/mol. The summed E-state index contributed by atoms with van der Waals surface area (Å²) in [5, 5.41) is 3.02. The molecule has 2 atom stereocenters. The normalized spacial score (nSPS) is 18.2. The molecular formula is C21H28NP. The van der Waals surface area contributed by atoms with Gasteiger partial charge in [0.1, 0.15) is 0 Å². The fraction of sp³-hybridized carbons (Fsp3) is 0.429. The highest BCUT2D eigenvalue weighted by Gasteiger charge is 2.25. The molecule has 1 heterocycles. The summed E-state index contributed by atoms with van der Waals surface area (Å²) in [6.45, 7) is 7.47. The Balaban J connectivity index is 1.80. The summed E-state index contributed by atoms with van der Waals surface area (Å²) >= 11 is 0. The molecule has 0 aromatic heterocycles. The third-order valence-electron chi connectivity index (χ3n) is 4.96. The van der Waals surface area contributed by atoms with Gasteiger partial charge < -0.3 is 4.90 Å². The van der Waals surface area contributed by atoms with Crippen LogP contribution in [0.5, 0.6) is 0 Å². The molecule has 0 aliphatic carbocycles. The van der Waals surface area contributed by atoms with Crippen LogP contribution in [-0.4, -0.2) is 29.7 Å². The average Bonchev–Trinajstić information content (AvgIpc) is 3.12. The number of rotatable bonds is 6. The molecule has 2 aromatic carbocycles. The number of likely N-dealkylation sites (tertiary alicyclic amines) is 1. The van der Waals surface area contributed by atoms with Crippen LogP contribution in [0.2, 0.25) is 0 Å². The lowest BCUT2D eigenvalue weighted by Crippen LogP contribution is -2.33. The van der Waals surface area contributed by atoms with Gasteiger partial charge in [0.15, 0.2) is 0 Å². The highest BCUT2D eigenvalue weighted by atomic mass is 31.1. The minimum Gasteiger partial charge on any atom is -0.301 e. The number of benzene rings is 2. The van der Waals surface area contributed by atoms with Crippen molar-refractivity contribution in [2.75, 3.05) is 13.1 Å². The molecule has 2 heteroatoms. The van der Waals surface area contributed by atoms with E-state index >= 15 is 0 Å². The molecular weight excluding hydrogens is 297 g/mol. The van der Waals surface area contributed by atoms with E-state index < -0.39 is 0 Å².